The topological polar surface area (TPSA) is 729 Å². The normalized spacial score (nSPS) is 16.2. The molecule has 4 aromatic rings. The van der Waals surface area contributed by atoms with Crippen LogP contribution in [0.25, 0.3) is 0 Å². The fraction of sp³-hybridized carbons (Fsp3) is 0.512. The van der Waals surface area contributed by atoms with Gasteiger partial charge >= 0.3 is 5.97 Å². The number of phenolic OH excluding ortho intramolecular Hbond substituents is 1. The van der Waals surface area contributed by atoms with Crippen LogP contribution in [0.3, 0.4) is 0 Å². The largest absolute Gasteiger partial charge is 0.508 e. The summed E-state index contributed by atoms with van der Waals surface area (Å²) in [4.78, 5) is 268. The summed E-state index contributed by atoms with van der Waals surface area (Å²) in [5.74, 6) is -19.1. The standard InChI is InChI=1S/C84H120N24O22S2/c1-44(2)31-53(74(121)103-58(34-48-22-24-50(110)25-23-48)81(128)108-30-13-20-60(108)78(125)104-59(42-131)77(124)102-57(36-63(87)112)72(119)95-41-67(116)107-29-14-21-61(107)82(129)130)97-65(114)39-92-64(113)38-93-71(118)54(32-46-15-8-6-9-16-46)100-75(122)56(35-49-37-90-43-96-49)98-66(115)40-94-79(126)68(45(3)109)105-80(127)69(84(4,5)132)106-76(123)55(33-47-17-10-7-11-18-47)101-73(120)52(19-12-28-91-83(88)89)99-70(117)51(85)26-27-62(86)111/h6-11,15-18,22-25,37,43-45,51-61,68-69,109-110,131-132H,12-14,19-21,26-36,38-42,85H2,1-5H3,(H2,86,111)(H2,87,112)(H,90,96)(H,92,113)(H,93,118)(H,94,126)(H,95,119)(H,97,114)(H,98,115)(H,99,117)(H,100,122)(H,101,120)(H,102,124)(H,103,121)(H,104,125)(H,105,127)(H,106,123)(H,129,130)(H4,88,89,91)/t45-,51+,52+,53+,54+,55+,56+,57+,58+,59+,60+,61+,68+,69-/m1/s1. The third-order valence-corrected chi connectivity index (χ3v) is 21.7. The Hall–Kier alpha value is -13.5. The van der Waals surface area contributed by atoms with Crippen LogP contribution in [0.5, 0.6) is 5.75 Å². The van der Waals surface area contributed by atoms with Crippen LogP contribution in [-0.4, -0.2) is 294 Å². The van der Waals surface area contributed by atoms with Crippen molar-refractivity contribution in [1.29, 1.82) is 5.41 Å². The smallest absolute Gasteiger partial charge is 0.326 e. The minimum atomic E-state index is -1.85. The van der Waals surface area contributed by atoms with E-state index in [2.05, 4.69) is 115 Å². The molecule has 0 radical (unpaired) electrons. The second kappa shape index (κ2) is 53.0. The quantitative estimate of drug-likeness (QED) is 0.00845. The van der Waals surface area contributed by atoms with E-state index in [0.29, 0.717) is 28.8 Å². The Morgan fingerprint density at radius 3 is 1.58 bits per heavy atom. The number of carbonyl (C=O) groups excluding carboxylic acids is 18. The van der Waals surface area contributed by atoms with E-state index in [-0.39, 0.29) is 120 Å². The van der Waals surface area contributed by atoms with Gasteiger partial charge in [-0.15, -0.1) is 0 Å². The first-order chi connectivity index (χ1) is 62.4. The first-order valence-electron chi connectivity index (χ1n) is 42.6. The number of primary amides is 2. The number of guanidine groups is 1. The van der Waals surface area contributed by atoms with Gasteiger partial charge < -0.3 is 133 Å². The lowest BCUT2D eigenvalue weighted by molar-refractivity contribution is -0.148. The lowest BCUT2D eigenvalue weighted by atomic mass is 9.99. The molecule has 2 fully saturated rings. The van der Waals surface area contributed by atoms with Gasteiger partial charge in [-0.05, 0) is 107 Å². The number of hydrogen-bond donors (Lipinski definition) is 26. The van der Waals surface area contributed by atoms with Crippen molar-refractivity contribution in [3.63, 3.8) is 0 Å². The monoisotopic (exact) mass is 1880 g/mol. The van der Waals surface area contributed by atoms with Gasteiger partial charge in [0.05, 0.1) is 51.1 Å². The van der Waals surface area contributed by atoms with Gasteiger partial charge in [-0.25, -0.2) is 9.78 Å². The van der Waals surface area contributed by atoms with Crippen molar-refractivity contribution in [1.82, 2.24) is 99.5 Å². The number of thiol groups is 2. The number of aromatic nitrogens is 2. The number of H-pyrrole nitrogens is 1. The number of hydrogen-bond acceptors (Lipinski definition) is 26. The maximum atomic E-state index is 14.8. The van der Waals surface area contributed by atoms with Crippen molar-refractivity contribution < 1.29 is 106 Å². The lowest BCUT2D eigenvalue weighted by Gasteiger charge is -2.33. The van der Waals surface area contributed by atoms with Crippen molar-refractivity contribution in [2.45, 2.75) is 214 Å². The second-order valence-corrected chi connectivity index (χ2v) is 34.3. The number of carboxylic acids is 1. The van der Waals surface area contributed by atoms with Crippen LogP contribution in [0, 0.1) is 11.3 Å². The molecule has 2 saturated heterocycles. The molecular formula is C84H120N24O22S2. The molecule has 3 aromatic carbocycles. The highest BCUT2D eigenvalue weighted by Gasteiger charge is 2.44. The Labute approximate surface area is 771 Å². The molecule has 28 N–H and O–H groups in total. The number of aliphatic hydroxyl groups excluding tert-OH is 1. The zero-order valence-electron chi connectivity index (χ0n) is 73.6. The van der Waals surface area contributed by atoms with Gasteiger partial charge in [-0.3, -0.25) is 91.7 Å². The molecule has 46 nitrogen and oxygen atoms in total. The third kappa shape index (κ3) is 36.1. The minimum absolute atomic E-state index is 0.0294. The number of imidazole rings is 1. The number of rotatable bonds is 53. The number of amides is 18. The number of aromatic amines is 1. The van der Waals surface area contributed by atoms with Gasteiger partial charge in [0.15, 0.2) is 5.96 Å². The van der Waals surface area contributed by atoms with Crippen molar-refractivity contribution >= 4 is 144 Å². The fourth-order valence-corrected chi connectivity index (χ4v) is 14.6. The van der Waals surface area contributed by atoms with Crippen LogP contribution < -0.4 is 103 Å². The van der Waals surface area contributed by atoms with E-state index >= 15 is 0 Å². The fourth-order valence-electron chi connectivity index (χ4n) is 14.1. The van der Waals surface area contributed by atoms with Crippen LogP contribution in [0.4, 0.5) is 0 Å². The average Bonchev–Trinajstić information content (AvgIpc) is 1.70. The number of likely N-dealkylation sites (tertiary alicyclic amines) is 2. The van der Waals surface area contributed by atoms with Gasteiger partial charge in [0, 0.05) is 74.1 Å². The zero-order chi connectivity index (χ0) is 97.6. The highest BCUT2D eigenvalue weighted by Crippen LogP contribution is 2.24. The second-order valence-electron chi connectivity index (χ2n) is 32.7. The van der Waals surface area contributed by atoms with Crippen molar-refractivity contribution in [3.8, 4) is 5.75 Å². The molecule has 14 atom stereocenters. The molecule has 0 saturated carbocycles. The van der Waals surface area contributed by atoms with E-state index in [4.69, 9.17) is 28.3 Å². The molecule has 2 aliphatic heterocycles. The molecule has 132 heavy (non-hydrogen) atoms. The van der Waals surface area contributed by atoms with Crippen LogP contribution in [0.2, 0.25) is 0 Å². The predicted octanol–water partition coefficient (Wildman–Crippen LogP) is -7.44. The van der Waals surface area contributed by atoms with Gasteiger partial charge in [-0.2, -0.15) is 25.3 Å². The van der Waals surface area contributed by atoms with Crippen molar-refractivity contribution in [2.75, 3.05) is 51.6 Å². The number of aliphatic hydroxyl groups is 1. The van der Waals surface area contributed by atoms with Gasteiger partial charge in [-0.1, -0.05) is 86.6 Å². The summed E-state index contributed by atoms with van der Waals surface area (Å²) in [7, 11) is 0. The zero-order valence-corrected chi connectivity index (χ0v) is 75.4. The molecular weight excluding hydrogens is 1760 g/mol. The van der Waals surface area contributed by atoms with E-state index in [1.54, 1.807) is 74.5 Å². The summed E-state index contributed by atoms with van der Waals surface area (Å²) < 4.78 is -1.48. The molecule has 0 unspecified atom stereocenters. The SMILES string of the molecule is CC(C)C[C@H](NC(=O)CNC(=O)CNC(=O)[C@H](Cc1ccccc1)NC(=O)[C@H](Cc1cnc[nH]1)NC(=O)CNC(=O)[C@@H](NC(=O)[C@@H](NC(=O)[C@H](Cc1ccccc1)NC(=O)[C@H](CCCNC(=N)N)NC(=O)[C@@H](N)CCC(N)=O)C(C)(C)S)[C@@H](C)O)C(=O)N[C@@H](Cc1ccc(O)cc1)C(=O)N1CCC[C@H]1C(=O)N[C@@H](CS)C(=O)N[C@@H](CC(N)=O)C(=O)NCC(=O)N1CCC[C@H]1C(=O)O. The molecule has 2 aliphatic rings. The molecule has 720 valence electrons. The lowest BCUT2D eigenvalue weighted by Crippen LogP contribution is -2.64. The Kier molecular flexibility index (Phi) is 43.0. The number of aromatic hydroxyl groups is 1. The van der Waals surface area contributed by atoms with Gasteiger partial charge in [0.2, 0.25) is 106 Å². The first kappa shape index (κ1) is 107. The number of phenols is 1. The Morgan fingerprint density at radius 2 is 1.02 bits per heavy atom. The third-order valence-electron chi connectivity index (χ3n) is 21.0. The summed E-state index contributed by atoms with van der Waals surface area (Å²) in [6.07, 6.45) is -0.206. The number of aliphatic carboxylic acids is 1. The Balaban J connectivity index is 1.09. The average molecular weight is 1880 g/mol. The van der Waals surface area contributed by atoms with Crippen LogP contribution in [0.1, 0.15) is 121 Å². The highest BCUT2D eigenvalue weighted by atomic mass is 32.1. The maximum Gasteiger partial charge on any atom is 0.326 e. The van der Waals surface area contributed by atoms with E-state index in [9.17, 15) is 106 Å². The molecule has 1 aromatic heterocycles. The minimum Gasteiger partial charge on any atom is -0.508 e. The van der Waals surface area contributed by atoms with Gasteiger partial charge in [0.1, 0.15) is 78.3 Å². The van der Waals surface area contributed by atoms with Crippen molar-refractivity contribution in [2.24, 2.45) is 28.9 Å². The van der Waals surface area contributed by atoms with E-state index in [1.807, 2.05) is 0 Å². The number of nitrogens with two attached hydrogens (primary N) is 4. The molecule has 0 spiro atoms. The molecule has 6 rings (SSSR count). The van der Waals surface area contributed by atoms with E-state index < -0.39 is 234 Å². The summed E-state index contributed by atoms with van der Waals surface area (Å²) in [5, 5.41) is 75.6. The first-order valence-corrected chi connectivity index (χ1v) is 43.7. The number of carbonyl (C=O) groups is 19. The number of nitrogens with zero attached hydrogens (tertiary/aromatic N) is 3. The van der Waals surface area contributed by atoms with Crippen molar-refractivity contribution in [3.05, 3.63) is 120 Å². The maximum absolute atomic E-state index is 14.8. The highest BCUT2D eigenvalue weighted by molar-refractivity contribution is 7.81. The Morgan fingerprint density at radius 1 is 0.523 bits per heavy atom. The van der Waals surface area contributed by atoms with E-state index in [0.717, 1.165) is 11.8 Å². The number of nitrogens with one attached hydrogen (secondary N) is 17. The summed E-state index contributed by atoms with van der Waals surface area (Å²) >= 11 is 8.82. The van der Waals surface area contributed by atoms with Crippen LogP contribution >= 0.6 is 25.3 Å². The van der Waals surface area contributed by atoms with Crippen LogP contribution in [-0.2, 0) is 117 Å². The van der Waals surface area contributed by atoms with E-state index in [1.165, 1.54) is 55.5 Å². The summed E-state index contributed by atoms with van der Waals surface area (Å²) in [5.41, 5.74) is 23.9. The molecule has 18 amide bonds. The van der Waals surface area contributed by atoms with Gasteiger partial charge in [0.25, 0.3) is 0 Å². The summed E-state index contributed by atoms with van der Waals surface area (Å²) in [6, 6.07) is 3.18. The molecule has 3 heterocycles. The molecule has 0 aliphatic carbocycles. The Bertz CT molecular complexity index is 4710. The summed E-state index contributed by atoms with van der Waals surface area (Å²) in [6.45, 7) is 4.50. The predicted molar refractivity (Wildman–Crippen MR) is 480 cm³/mol. The number of benzene rings is 3. The number of carboxylic acid groups (broad SMARTS) is 1. The molecule has 48 heteroatoms. The van der Waals surface area contributed by atoms with Crippen LogP contribution in [0.15, 0.2) is 97.5 Å². The molecule has 0 bridgehead atoms.